The summed E-state index contributed by atoms with van der Waals surface area (Å²) in [6, 6.07) is 7.13. The Bertz CT molecular complexity index is 568. The van der Waals surface area contributed by atoms with E-state index in [1.807, 2.05) is 6.92 Å². The first-order chi connectivity index (χ1) is 13.2. The molecule has 6 heteroatoms. The average molecular weight is 376 g/mol. The first-order valence-corrected chi connectivity index (χ1v) is 10.0. The molecule has 6 nitrogen and oxygen atoms in total. The summed E-state index contributed by atoms with van der Waals surface area (Å²) in [7, 11) is 0. The van der Waals surface area contributed by atoms with Gasteiger partial charge in [-0.1, -0.05) is 6.92 Å². The number of carbonyl (C=O) groups excluding carboxylic acids is 2. The number of carbonyl (C=O) groups is 2. The Hall–Kier alpha value is -1.92. The fourth-order valence-corrected chi connectivity index (χ4v) is 2.93. The summed E-state index contributed by atoms with van der Waals surface area (Å²) in [6.07, 6.45) is 3.43. The lowest BCUT2D eigenvalue weighted by Gasteiger charge is -2.26. The van der Waals surface area contributed by atoms with Crippen LogP contribution in [0.25, 0.3) is 0 Å². The third-order valence-electron chi connectivity index (χ3n) is 4.56. The second-order valence-corrected chi connectivity index (χ2v) is 6.81. The van der Waals surface area contributed by atoms with Crippen LogP contribution in [0.5, 0.6) is 5.75 Å². The van der Waals surface area contributed by atoms with Crippen LogP contribution in [-0.4, -0.2) is 62.6 Å². The molecule has 0 bridgehead atoms. The smallest absolute Gasteiger partial charge is 0.220 e. The zero-order valence-electron chi connectivity index (χ0n) is 16.4. The number of nitrogens with zero attached hydrogens (tertiary/aromatic N) is 1. The highest BCUT2D eigenvalue weighted by molar-refractivity contribution is 5.98. The molecule has 1 amide bonds. The number of rotatable bonds is 12. The summed E-state index contributed by atoms with van der Waals surface area (Å²) in [5.41, 5.74) is 0.622. The minimum absolute atomic E-state index is 0.0143. The molecule has 1 aromatic carbocycles. The minimum Gasteiger partial charge on any atom is -0.494 e. The van der Waals surface area contributed by atoms with Gasteiger partial charge >= 0.3 is 0 Å². The largest absolute Gasteiger partial charge is 0.494 e. The van der Waals surface area contributed by atoms with Gasteiger partial charge in [0.25, 0.3) is 0 Å². The van der Waals surface area contributed by atoms with Crippen LogP contribution in [0, 0.1) is 0 Å². The highest BCUT2D eigenvalue weighted by Gasteiger charge is 2.11. The third kappa shape index (κ3) is 8.54. The number of amides is 1. The van der Waals surface area contributed by atoms with E-state index < -0.39 is 0 Å². The van der Waals surface area contributed by atoms with Gasteiger partial charge in [0.15, 0.2) is 5.78 Å². The van der Waals surface area contributed by atoms with Gasteiger partial charge in [-0.05, 0) is 50.1 Å². The third-order valence-corrected chi connectivity index (χ3v) is 4.56. The number of unbranched alkanes of at least 4 members (excludes halogenated alkanes) is 1. The van der Waals surface area contributed by atoms with Gasteiger partial charge in [-0.25, -0.2) is 0 Å². The maximum absolute atomic E-state index is 12.2. The van der Waals surface area contributed by atoms with E-state index in [0.717, 1.165) is 57.9 Å². The summed E-state index contributed by atoms with van der Waals surface area (Å²) in [6.45, 7) is 8.07. The first kappa shape index (κ1) is 21.4. The number of morpholine rings is 1. The lowest BCUT2D eigenvalue weighted by atomic mass is 10.1. The predicted molar refractivity (Wildman–Crippen MR) is 105 cm³/mol. The van der Waals surface area contributed by atoms with E-state index in [0.29, 0.717) is 18.7 Å². The monoisotopic (exact) mass is 376 g/mol. The lowest BCUT2D eigenvalue weighted by molar-refractivity contribution is -0.121. The molecular formula is C21H32N2O4. The summed E-state index contributed by atoms with van der Waals surface area (Å²) in [5.74, 6) is 0.695. The predicted octanol–water partition coefficient (Wildman–Crippen LogP) is 2.67. The van der Waals surface area contributed by atoms with Gasteiger partial charge < -0.3 is 14.8 Å². The molecule has 1 aliphatic rings. The van der Waals surface area contributed by atoms with Crippen molar-refractivity contribution in [3.63, 3.8) is 0 Å². The highest BCUT2D eigenvalue weighted by atomic mass is 16.5. The van der Waals surface area contributed by atoms with Crippen LogP contribution in [0.2, 0.25) is 0 Å². The molecule has 0 radical (unpaired) electrons. The van der Waals surface area contributed by atoms with Crippen LogP contribution in [0.3, 0.4) is 0 Å². The molecule has 1 fully saturated rings. The SMILES string of the molecule is CCCOc1ccc(C(=O)CCC(=O)NCCCCN2CCOCC2)cc1. The number of nitrogens with one attached hydrogen (secondary N) is 1. The quantitative estimate of drug-likeness (QED) is 0.449. The normalized spacial score (nSPS) is 14.7. The van der Waals surface area contributed by atoms with Crippen LogP contribution in [0.1, 0.15) is 49.4 Å². The van der Waals surface area contributed by atoms with Gasteiger partial charge in [0.05, 0.1) is 19.8 Å². The fraction of sp³-hybridized carbons (Fsp3) is 0.619. The van der Waals surface area contributed by atoms with Gasteiger partial charge in [0, 0.05) is 38.0 Å². The van der Waals surface area contributed by atoms with Crippen molar-refractivity contribution in [1.82, 2.24) is 10.2 Å². The average Bonchev–Trinajstić information content (AvgIpc) is 2.71. The van der Waals surface area contributed by atoms with E-state index in [4.69, 9.17) is 9.47 Å². The van der Waals surface area contributed by atoms with E-state index in [2.05, 4.69) is 10.2 Å². The van der Waals surface area contributed by atoms with Crippen molar-refractivity contribution in [1.29, 1.82) is 0 Å². The maximum Gasteiger partial charge on any atom is 0.220 e. The molecule has 1 aromatic rings. The Kier molecular flexibility index (Phi) is 9.87. The number of ketones is 1. The number of benzene rings is 1. The number of ether oxygens (including phenoxy) is 2. The molecule has 1 aliphatic heterocycles. The molecule has 0 aliphatic carbocycles. The standard InChI is InChI=1S/C21H32N2O4/c1-2-15-27-19-7-5-18(6-8-19)20(24)9-10-21(25)22-11-3-4-12-23-13-16-26-17-14-23/h5-8H,2-4,9-17H2,1H3,(H,22,25). The Labute approximate surface area is 162 Å². The molecule has 0 unspecified atom stereocenters. The van der Waals surface area contributed by atoms with Crippen molar-refractivity contribution in [3.05, 3.63) is 29.8 Å². The number of hydrogen-bond donors (Lipinski definition) is 1. The van der Waals surface area contributed by atoms with E-state index in [-0.39, 0.29) is 24.5 Å². The van der Waals surface area contributed by atoms with Gasteiger partial charge in [0.2, 0.25) is 5.91 Å². The van der Waals surface area contributed by atoms with E-state index in [1.165, 1.54) is 0 Å². The van der Waals surface area contributed by atoms with E-state index >= 15 is 0 Å². The molecule has 0 aromatic heterocycles. The van der Waals surface area contributed by atoms with Crippen molar-refractivity contribution >= 4 is 11.7 Å². The van der Waals surface area contributed by atoms with E-state index in [1.54, 1.807) is 24.3 Å². The van der Waals surface area contributed by atoms with Gasteiger partial charge in [-0.3, -0.25) is 14.5 Å². The second kappa shape index (κ2) is 12.5. The fourth-order valence-electron chi connectivity index (χ4n) is 2.93. The van der Waals surface area contributed by atoms with Crippen LogP contribution in [0.15, 0.2) is 24.3 Å². The van der Waals surface area contributed by atoms with Crippen molar-refractivity contribution in [2.45, 2.75) is 39.0 Å². The lowest BCUT2D eigenvalue weighted by Crippen LogP contribution is -2.37. The van der Waals surface area contributed by atoms with Crippen LogP contribution >= 0.6 is 0 Å². The zero-order valence-corrected chi connectivity index (χ0v) is 16.4. The molecule has 0 saturated carbocycles. The first-order valence-electron chi connectivity index (χ1n) is 10.0. The number of Topliss-reactive ketones (excluding diaryl/α,β-unsaturated/α-hetero) is 1. The van der Waals surface area contributed by atoms with Crippen LogP contribution < -0.4 is 10.1 Å². The Morgan fingerprint density at radius 1 is 1.11 bits per heavy atom. The van der Waals surface area contributed by atoms with Crippen molar-refractivity contribution in [2.24, 2.45) is 0 Å². The van der Waals surface area contributed by atoms with Crippen LogP contribution in [-0.2, 0) is 9.53 Å². The Morgan fingerprint density at radius 2 is 1.85 bits per heavy atom. The molecule has 1 heterocycles. The highest BCUT2D eigenvalue weighted by Crippen LogP contribution is 2.14. The topological polar surface area (TPSA) is 67.9 Å². The van der Waals surface area contributed by atoms with Crippen molar-refractivity contribution < 1.29 is 19.1 Å². The summed E-state index contributed by atoms with van der Waals surface area (Å²) in [5, 5.41) is 2.91. The van der Waals surface area contributed by atoms with Crippen molar-refractivity contribution in [3.8, 4) is 5.75 Å². The molecule has 1 N–H and O–H groups in total. The van der Waals surface area contributed by atoms with Gasteiger partial charge in [0.1, 0.15) is 5.75 Å². The molecule has 150 valence electrons. The molecule has 2 rings (SSSR count). The van der Waals surface area contributed by atoms with E-state index in [9.17, 15) is 9.59 Å². The molecule has 1 saturated heterocycles. The zero-order chi connectivity index (χ0) is 19.3. The maximum atomic E-state index is 12.2. The second-order valence-electron chi connectivity index (χ2n) is 6.81. The van der Waals surface area contributed by atoms with Gasteiger partial charge in [-0.2, -0.15) is 0 Å². The minimum atomic E-state index is -0.0578. The molecule has 0 spiro atoms. The van der Waals surface area contributed by atoms with Crippen LogP contribution in [0.4, 0.5) is 0 Å². The summed E-state index contributed by atoms with van der Waals surface area (Å²) in [4.78, 5) is 26.5. The molecule has 27 heavy (non-hydrogen) atoms. The number of hydrogen-bond acceptors (Lipinski definition) is 5. The summed E-state index contributed by atoms with van der Waals surface area (Å²) >= 11 is 0. The molecular weight excluding hydrogens is 344 g/mol. The van der Waals surface area contributed by atoms with Crippen molar-refractivity contribution in [2.75, 3.05) is 46.0 Å². The Morgan fingerprint density at radius 3 is 2.56 bits per heavy atom. The van der Waals surface area contributed by atoms with Gasteiger partial charge in [-0.15, -0.1) is 0 Å². The molecule has 0 atom stereocenters. The summed E-state index contributed by atoms with van der Waals surface area (Å²) < 4.78 is 10.8. The Balaban J connectivity index is 1.55.